The van der Waals surface area contributed by atoms with Gasteiger partial charge in [0.25, 0.3) is 0 Å². The molecule has 0 radical (unpaired) electrons. The van der Waals surface area contributed by atoms with Gasteiger partial charge < -0.3 is 5.32 Å². The Hall–Kier alpha value is -0.820. The Kier molecular flexibility index (Phi) is 4.68. The van der Waals surface area contributed by atoms with Crippen molar-refractivity contribution in [2.24, 2.45) is 5.92 Å². The number of hydrogen-bond acceptors (Lipinski definition) is 1. The SMILES string of the molecule is CCNCc1cccc(CC(C)C)c1. The van der Waals surface area contributed by atoms with Gasteiger partial charge in [-0.1, -0.05) is 45.0 Å². The third kappa shape index (κ3) is 3.93. The summed E-state index contributed by atoms with van der Waals surface area (Å²) < 4.78 is 0. The normalized spacial score (nSPS) is 10.9. The van der Waals surface area contributed by atoms with Gasteiger partial charge in [0.1, 0.15) is 0 Å². The molecular formula is C13H21N. The summed E-state index contributed by atoms with van der Waals surface area (Å²) in [6, 6.07) is 8.87. The lowest BCUT2D eigenvalue weighted by Crippen LogP contribution is -2.11. The molecule has 78 valence electrons. The molecule has 1 rings (SSSR count). The predicted octanol–water partition coefficient (Wildman–Crippen LogP) is 2.99. The molecule has 0 unspecified atom stereocenters. The van der Waals surface area contributed by atoms with E-state index in [0.29, 0.717) is 0 Å². The van der Waals surface area contributed by atoms with E-state index in [9.17, 15) is 0 Å². The van der Waals surface area contributed by atoms with Crippen LogP contribution in [-0.4, -0.2) is 6.54 Å². The molecule has 1 nitrogen and oxygen atoms in total. The van der Waals surface area contributed by atoms with Crippen molar-refractivity contribution in [3.8, 4) is 0 Å². The van der Waals surface area contributed by atoms with Gasteiger partial charge >= 0.3 is 0 Å². The summed E-state index contributed by atoms with van der Waals surface area (Å²) in [5.74, 6) is 0.740. The minimum Gasteiger partial charge on any atom is -0.313 e. The molecule has 0 aliphatic carbocycles. The number of benzene rings is 1. The van der Waals surface area contributed by atoms with Gasteiger partial charge in [-0.05, 0) is 30.0 Å². The topological polar surface area (TPSA) is 12.0 Å². The van der Waals surface area contributed by atoms with Crippen LogP contribution in [-0.2, 0) is 13.0 Å². The maximum Gasteiger partial charge on any atom is 0.0205 e. The highest BCUT2D eigenvalue weighted by Crippen LogP contribution is 2.10. The maximum atomic E-state index is 3.35. The largest absolute Gasteiger partial charge is 0.313 e. The van der Waals surface area contributed by atoms with E-state index in [2.05, 4.69) is 50.4 Å². The summed E-state index contributed by atoms with van der Waals surface area (Å²) in [4.78, 5) is 0. The van der Waals surface area contributed by atoms with Crippen molar-refractivity contribution in [1.29, 1.82) is 0 Å². The van der Waals surface area contributed by atoms with Crippen LogP contribution < -0.4 is 5.32 Å². The molecule has 0 saturated heterocycles. The summed E-state index contributed by atoms with van der Waals surface area (Å²) in [6.07, 6.45) is 1.18. The molecule has 1 aromatic carbocycles. The minimum absolute atomic E-state index is 0.740. The van der Waals surface area contributed by atoms with Crippen LogP contribution in [0.1, 0.15) is 31.9 Å². The fourth-order valence-corrected chi connectivity index (χ4v) is 1.61. The first-order chi connectivity index (χ1) is 6.72. The summed E-state index contributed by atoms with van der Waals surface area (Å²) in [5, 5.41) is 3.35. The van der Waals surface area contributed by atoms with Crippen LogP contribution in [0.4, 0.5) is 0 Å². The molecule has 0 spiro atoms. The van der Waals surface area contributed by atoms with Crippen molar-refractivity contribution in [3.05, 3.63) is 35.4 Å². The van der Waals surface area contributed by atoms with Crippen molar-refractivity contribution >= 4 is 0 Å². The Bertz CT molecular complexity index is 266. The van der Waals surface area contributed by atoms with Gasteiger partial charge in [0, 0.05) is 6.54 Å². The molecule has 1 heteroatoms. The smallest absolute Gasteiger partial charge is 0.0205 e. The molecule has 0 atom stereocenters. The Labute approximate surface area is 87.5 Å². The number of rotatable bonds is 5. The van der Waals surface area contributed by atoms with Gasteiger partial charge in [0.05, 0.1) is 0 Å². The lowest BCUT2D eigenvalue weighted by atomic mass is 10.0. The van der Waals surface area contributed by atoms with E-state index in [1.54, 1.807) is 0 Å². The first-order valence-electron chi connectivity index (χ1n) is 5.51. The zero-order valence-corrected chi connectivity index (χ0v) is 9.51. The Balaban J connectivity index is 2.59. The summed E-state index contributed by atoms with van der Waals surface area (Å²) in [7, 11) is 0. The molecule has 1 aromatic rings. The van der Waals surface area contributed by atoms with Crippen molar-refractivity contribution in [2.75, 3.05) is 6.54 Å². The highest BCUT2D eigenvalue weighted by atomic mass is 14.8. The molecule has 0 aliphatic heterocycles. The predicted molar refractivity (Wildman–Crippen MR) is 62.4 cm³/mol. The molecule has 0 saturated carbocycles. The van der Waals surface area contributed by atoms with Crippen molar-refractivity contribution in [2.45, 2.75) is 33.7 Å². The Morgan fingerprint density at radius 2 is 1.93 bits per heavy atom. The van der Waals surface area contributed by atoms with E-state index in [4.69, 9.17) is 0 Å². The molecular weight excluding hydrogens is 170 g/mol. The van der Waals surface area contributed by atoms with Crippen LogP contribution >= 0.6 is 0 Å². The third-order valence-corrected chi connectivity index (χ3v) is 2.21. The van der Waals surface area contributed by atoms with Crippen LogP contribution in [0.25, 0.3) is 0 Å². The van der Waals surface area contributed by atoms with E-state index in [1.807, 2.05) is 0 Å². The number of nitrogens with one attached hydrogen (secondary N) is 1. The molecule has 0 heterocycles. The molecule has 0 aromatic heterocycles. The molecule has 1 N–H and O–H groups in total. The van der Waals surface area contributed by atoms with E-state index >= 15 is 0 Å². The summed E-state index contributed by atoms with van der Waals surface area (Å²) in [6.45, 7) is 8.68. The molecule has 0 bridgehead atoms. The second-order valence-corrected chi connectivity index (χ2v) is 4.20. The Morgan fingerprint density at radius 1 is 1.21 bits per heavy atom. The van der Waals surface area contributed by atoms with Crippen LogP contribution in [0.5, 0.6) is 0 Å². The van der Waals surface area contributed by atoms with Gasteiger partial charge in [-0.3, -0.25) is 0 Å². The van der Waals surface area contributed by atoms with E-state index < -0.39 is 0 Å². The molecule has 0 aliphatic rings. The number of hydrogen-bond donors (Lipinski definition) is 1. The van der Waals surface area contributed by atoms with E-state index in [-0.39, 0.29) is 0 Å². The molecule has 14 heavy (non-hydrogen) atoms. The highest BCUT2D eigenvalue weighted by molar-refractivity contribution is 5.23. The lowest BCUT2D eigenvalue weighted by molar-refractivity contribution is 0.645. The van der Waals surface area contributed by atoms with Crippen molar-refractivity contribution in [1.82, 2.24) is 5.32 Å². The standard InChI is InChI=1S/C13H21N/c1-4-14-10-13-7-5-6-12(9-13)8-11(2)3/h5-7,9,11,14H,4,8,10H2,1-3H3. The minimum atomic E-state index is 0.740. The van der Waals surface area contributed by atoms with E-state index in [0.717, 1.165) is 19.0 Å². The summed E-state index contributed by atoms with van der Waals surface area (Å²) >= 11 is 0. The third-order valence-electron chi connectivity index (χ3n) is 2.21. The van der Waals surface area contributed by atoms with Gasteiger partial charge in [-0.2, -0.15) is 0 Å². The quantitative estimate of drug-likeness (QED) is 0.754. The second-order valence-electron chi connectivity index (χ2n) is 4.20. The monoisotopic (exact) mass is 191 g/mol. The average molecular weight is 191 g/mol. The Morgan fingerprint density at radius 3 is 2.57 bits per heavy atom. The maximum absolute atomic E-state index is 3.35. The first kappa shape index (κ1) is 11.3. The van der Waals surface area contributed by atoms with Crippen molar-refractivity contribution < 1.29 is 0 Å². The van der Waals surface area contributed by atoms with Gasteiger partial charge in [-0.25, -0.2) is 0 Å². The molecule has 0 amide bonds. The fourth-order valence-electron chi connectivity index (χ4n) is 1.61. The van der Waals surface area contributed by atoms with Crippen LogP contribution in [0.3, 0.4) is 0 Å². The summed E-state index contributed by atoms with van der Waals surface area (Å²) in [5.41, 5.74) is 2.85. The highest BCUT2D eigenvalue weighted by Gasteiger charge is 1.98. The van der Waals surface area contributed by atoms with Crippen LogP contribution in [0.15, 0.2) is 24.3 Å². The van der Waals surface area contributed by atoms with Crippen LogP contribution in [0.2, 0.25) is 0 Å². The zero-order chi connectivity index (χ0) is 10.4. The van der Waals surface area contributed by atoms with Gasteiger partial charge in [0.2, 0.25) is 0 Å². The first-order valence-corrected chi connectivity index (χ1v) is 5.51. The van der Waals surface area contributed by atoms with E-state index in [1.165, 1.54) is 17.5 Å². The van der Waals surface area contributed by atoms with Crippen LogP contribution in [0, 0.1) is 5.92 Å². The fraction of sp³-hybridized carbons (Fsp3) is 0.538. The zero-order valence-electron chi connectivity index (χ0n) is 9.51. The van der Waals surface area contributed by atoms with Gasteiger partial charge in [-0.15, -0.1) is 0 Å². The molecule has 0 fully saturated rings. The van der Waals surface area contributed by atoms with Gasteiger partial charge in [0.15, 0.2) is 0 Å². The second kappa shape index (κ2) is 5.82. The lowest BCUT2D eigenvalue weighted by Gasteiger charge is -2.07. The van der Waals surface area contributed by atoms with Crippen molar-refractivity contribution in [3.63, 3.8) is 0 Å². The average Bonchev–Trinajstić information content (AvgIpc) is 2.14.